The van der Waals surface area contributed by atoms with Crippen LogP contribution in [-0.4, -0.2) is 78.0 Å². The zero-order chi connectivity index (χ0) is 24.6. The number of aliphatic hydroxyl groups excluding tert-OH is 2. The van der Waals surface area contributed by atoms with Crippen LogP contribution in [0.5, 0.6) is 5.75 Å². The van der Waals surface area contributed by atoms with Crippen LogP contribution in [0, 0.1) is 5.92 Å². The van der Waals surface area contributed by atoms with Crippen LogP contribution in [0.4, 0.5) is 13.2 Å². The minimum atomic E-state index is -3.06. The van der Waals surface area contributed by atoms with Crippen molar-refractivity contribution in [3.63, 3.8) is 0 Å². The maximum Gasteiger partial charge on any atom is 0.283 e. The van der Waals surface area contributed by atoms with Crippen LogP contribution >= 0.6 is 0 Å². The first-order valence-corrected chi connectivity index (χ1v) is 11.7. The first kappa shape index (κ1) is 26.5. The smallest absolute Gasteiger partial charge is 0.283 e. The van der Waals surface area contributed by atoms with Gasteiger partial charge < -0.3 is 14.9 Å². The first-order chi connectivity index (χ1) is 16.3. The van der Waals surface area contributed by atoms with E-state index >= 15 is 0 Å². The maximum atomic E-state index is 13.3. The molecule has 0 radical (unpaired) electrons. The van der Waals surface area contributed by atoms with Crippen molar-refractivity contribution in [2.45, 2.75) is 38.5 Å². The number of hydrogen-bond donors (Lipinski definition) is 2. The number of hydrogen-bond acceptors (Lipinski definition) is 5. The summed E-state index contributed by atoms with van der Waals surface area (Å²) < 4.78 is 44.2. The molecule has 5 nitrogen and oxygen atoms in total. The zero-order valence-corrected chi connectivity index (χ0v) is 19.7. The van der Waals surface area contributed by atoms with Gasteiger partial charge >= 0.3 is 0 Å². The van der Waals surface area contributed by atoms with Gasteiger partial charge in [0.25, 0.3) is 5.92 Å². The first-order valence-electron chi connectivity index (χ1n) is 11.7. The molecule has 0 amide bonds. The highest BCUT2D eigenvalue weighted by molar-refractivity contribution is 5.34. The Hall–Kier alpha value is -2.13. The SMILES string of the molecule is CC1Cc2cc(CO)ccc2CN1CC(F)(F)CO.FCC1CN(CCOc2ccccc2)C1. The van der Waals surface area contributed by atoms with Gasteiger partial charge in [0.15, 0.2) is 0 Å². The molecule has 2 aliphatic heterocycles. The summed E-state index contributed by atoms with van der Waals surface area (Å²) in [5.41, 5.74) is 2.98. The fourth-order valence-corrected chi connectivity index (χ4v) is 4.27. The number of rotatable bonds is 9. The molecule has 1 fully saturated rings. The third kappa shape index (κ3) is 7.70. The van der Waals surface area contributed by atoms with Crippen molar-refractivity contribution in [2.75, 3.05) is 46.1 Å². The normalized spacial score (nSPS) is 19.1. The number of alkyl halides is 3. The number of para-hydroxylation sites is 1. The van der Waals surface area contributed by atoms with Crippen molar-refractivity contribution in [3.05, 3.63) is 65.2 Å². The van der Waals surface area contributed by atoms with Crippen LogP contribution in [0.25, 0.3) is 0 Å². The second-order valence-electron chi connectivity index (χ2n) is 9.17. The van der Waals surface area contributed by atoms with Gasteiger partial charge in [0.2, 0.25) is 0 Å². The molecular formula is C26H35F3N2O3. The molecule has 0 spiro atoms. The van der Waals surface area contributed by atoms with Crippen molar-refractivity contribution < 1.29 is 28.1 Å². The van der Waals surface area contributed by atoms with E-state index in [9.17, 15) is 13.2 Å². The Morgan fingerprint density at radius 2 is 1.79 bits per heavy atom. The van der Waals surface area contributed by atoms with Crippen molar-refractivity contribution in [2.24, 2.45) is 5.92 Å². The van der Waals surface area contributed by atoms with Crippen LogP contribution in [0.2, 0.25) is 0 Å². The van der Waals surface area contributed by atoms with E-state index in [0.29, 0.717) is 19.6 Å². The van der Waals surface area contributed by atoms with Crippen molar-refractivity contribution in [1.29, 1.82) is 0 Å². The highest BCUT2D eigenvalue weighted by atomic mass is 19.3. The van der Waals surface area contributed by atoms with E-state index in [4.69, 9.17) is 14.9 Å². The average molecular weight is 481 g/mol. The number of nitrogens with zero attached hydrogens (tertiary/aromatic N) is 2. The standard InChI is InChI=1S/C14H19F2NO2.C12H16FNO/c1-10-4-13-5-11(7-18)2-3-12(13)6-17(10)8-14(15,16)9-19;13-8-11-9-14(10-11)6-7-15-12-4-2-1-3-5-12/h2-3,5,10,18-19H,4,6-9H2,1H3;1-5,11H,6-10H2. The molecule has 4 rings (SSSR count). The van der Waals surface area contributed by atoms with Gasteiger partial charge in [-0.25, -0.2) is 8.78 Å². The van der Waals surface area contributed by atoms with Crippen molar-refractivity contribution in [3.8, 4) is 5.75 Å². The lowest BCUT2D eigenvalue weighted by Gasteiger charge is -2.37. The number of likely N-dealkylation sites (tertiary alicyclic amines) is 1. The third-order valence-electron chi connectivity index (χ3n) is 6.30. The Morgan fingerprint density at radius 3 is 2.44 bits per heavy atom. The third-order valence-corrected chi connectivity index (χ3v) is 6.30. The van der Waals surface area contributed by atoms with E-state index in [1.807, 2.05) is 55.5 Å². The molecule has 8 heteroatoms. The molecule has 1 atom stereocenters. The summed E-state index contributed by atoms with van der Waals surface area (Å²) in [5.74, 6) is -1.89. The van der Waals surface area contributed by atoms with Gasteiger partial charge in [-0.1, -0.05) is 36.4 Å². The van der Waals surface area contributed by atoms with Crippen LogP contribution in [0.15, 0.2) is 48.5 Å². The summed E-state index contributed by atoms with van der Waals surface area (Å²) in [4.78, 5) is 3.91. The van der Waals surface area contributed by atoms with E-state index in [2.05, 4.69) is 4.90 Å². The molecule has 2 N–H and O–H groups in total. The molecule has 2 aromatic rings. The van der Waals surface area contributed by atoms with Crippen LogP contribution < -0.4 is 4.74 Å². The van der Waals surface area contributed by atoms with Gasteiger partial charge in [0.05, 0.1) is 19.8 Å². The predicted molar refractivity (Wildman–Crippen MR) is 126 cm³/mol. The van der Waals surface area contributed by atoms with E-state index in [1.165, 1.54) is 0 Å². The molecular weight excluding hydrogens is 445 g/mol. The van der Waals surface area contributed by atoms with Crippen LogP contribution in [0.3, 0.4) is 0 Å². The summed E-state index contributed by atoms with van der Waals surface area (Å²) in [6, 6.07) is 15.4. The summed E-state index contributed by atoms with van der Waals surface area (Å²) in [7, 11) is 0. The number of aliphatic hydroxyl groups is 2. The summed E-state index contributed by atoms with van der Waals surface area (Å²) >= 11 is 0. The number of fused-ring (bicyclic) bond motifs is 1. The quantitative estimate of drug-likeness (QED) is 0.575. The van der Waals surface area contributed by atoms with E-state index in [-0.39, 0.29) is 25.2 Å². The highest BCUT2D eigenvalue weighted by Crippen LogP contribution is 2.27. The zero-order valence-electron chi connectivity index (χ0n) is 19.7. The molecule has 34 heavy (non-hydrogen) atoms. The molecule has 0 bridgehead atoms. The van der Waals surface area contributed by atoms with Crippen molar-refractivity contribution in [1.82, 2.24) is 9.80 Å². The van der Waals surface area contributed by atoms with Gasteiger partial charge in [0.1, 0.15) is 19.0 Å². The molecule has 0 aromatic heterocycles. The van der Waals surface area contributed by atoms with Gasteiger partial charge in [-0.3, -0.25) is 14.2 Å². The second kappa shape index (κ2) is 12.5. The molecule has 2 aliphatic rings. The Morgan fingerprint density at radius 1 is 1.06 bits per heavy atom. The maximum absolute atomic E-state index is 13.3. The molecule has 1 saturated heterocycles. The average Bonchev–Trinajstić information content (AvgIpc) is 2.81. The lowest BCUT2D eigenvalue weighted by atomic mass is 9.93. The largest absolute Gasteiger partial charge is 0.492 e. The van der Waals surface area contributed by atoms with Crippen molar-refractivity contribution >= 4 is 0 Å². The van der Waals surface area contributed by atoms with Gasteiger partial charge in [-0.2, -0.15) is 0 Å². The van der Waals surface area contributed by atoms with Gasteiger partial charge in [0, 0.05) is 38.1 Å². The Bertz CT molecular complexity index is 879. The number of halogens is 3. The minimum Gasteiger partial charge on any atom is -0.492 e. The van der Waals surface area contributed by atoms with E-state index in [0.717, 1.165) is 42.1 Å². The van der Waals surface area contributed by atoms with E-state index in [1.54, 1.807) is 4.90 Å². The summed E-state index contributed by atoms with van der Waals surface area (Å²) in [5, 5.41) is 17.8. The summed E-state index contributed by atoms with van der Waals surface area (Å²) in [6.07, 6.45) is 0.685. The Kier molecular flexibility index (Phi) is 9.76. The molecule has 1 unspecified atom stereocenters. The molecule has 188 valence electrons. The number of benzene rings is 2. The fourth-order valence-electron chi connectivity index (χ4n) is 4.27. The monoisotopic (exact) mass is 480 g/mol. The Balaban J connectivity index is 0.000000196. The summed E-state index contributed by atoms with van der Waals surface area (Å²) in [6.45, 7) is 3.97. The molecule has 2 heterocycles. The van der Waals surface area contributed by atoms with Crippen LogP contribution in [0.1, 0.15) is 23.6 Å². The van der Waals surface area contributed by atoms with Gasteiger partial charge in [-0.05, 0) is 42.2 Å². The minimum absolute atomic E-state index is 0.00105. The van der Waals surface area contributed by atoms with Crippen LogP contribution in [-0.2, 0) is 19.6 Å². The second-order valence-corrected chi connectivity index (χ2v) is 9.17. The highest BCUT2D eigenvalue weighted by Gasteiger charge is 2.34. The topological polar surface area (TPSA) is 56.2 Å². The molecule has 0 saturated carbocycles. The fraction of sp³-hybridized carbons (Fsp3) is 0.538. The Labute approximate surface area is 199 Å². The van der Waals surface area contributed by atoms with E-state index < -0.39 is 19.1 Å². The molecule has 0 aliphatic carbocycles. The lowest BCUT2D eigenvalue weighted by molar-refractivity contribution is -0.0818. The van der Waals surface area contributed by atoms with Gasteiger partial charge in [-0.15, -0.1) is 0 Å². The lowest BCUT2D eigenvalue weighted by Crippen LogP contribution is -2.49. The predicted octanol–water partition coefficient (Wildman–Crippen LogP) is 3.52. The number of ether oxygens (including phenoxy) is 1. The molecule has 2 aromatic carbocycles.